The molecule has 6 rings (SSSR count). The molecule has 9 nitrogen and oxygen atoms in total. The average Bonchev–Trinajstić information content (AvgIpc) is 3.53. The van der Waals surface area contributed by atoms with Crippen molar-refractivity contribution in [1.82, 2.24) is 9.36 Å². The summed E-state index contributed by atoms with van der Waals surface area (Å²) in [6.07, 6.45) is 0. The van der Waals surface area contributed by atoms with Crippen molar-refractivity contribution in [2.24, 2.45) is 7.05 Å². The minimum absolute atomic E-state index is 0.0670. The second kappa shape index (κ2) is 10.8. The molecular formula is C32H23N5O4S. The number of anilines is 2. The normalized spacial score (nSPS) is 14.0. The lowest BCUT2D eigenvalue weighted by Crippen LogP contribution is -2.26. The molecule has 3 heterocycles. The van der Waals surface area contributed by atoms with Crippen molar-refractivity contribution in [3.63, 3.8) is 0 Å². The third-order valence-corrected chi connectivity index (χ3v) is 7.95. The van der Waals surface area contributed by atoms with Crippen LogP contribution in [0.25, 0.3) is 22.4 Å². The van der Waals surface area contributed by atoms with Gasteiger partial charge in [0, 0.05) is 23.5 Å². The number of carbonyl (C=O) groups excluding carboxylic acids is 1. The molecule has 3 aromatic carbocycles. The van der Waals surface area contributed by atoms with Crippen LogP contribution in [0.4, 0.5) is 11.4 Å². The average molecular weight is 574 g/mol. The van der Waals surface area contributed by atoms with Gasteiger partial charge in [0.15, 0.2) is 0 Å². The number of benzene rings is 3. The predicted octanol–water partition coefficient (Wildman–Crippen LogP) is 5.52. The summed E-state index contributed by atoms with van der Waals surface area (Å²) in [5.74, 6) is -0.743. The van der Waals surface area contributed by atoms with E-state index in [1.807, 2.05) is 66.7 Å². The molecule has 42 heavy (non-hydrogen) atoms. The van der Waals surface area contributed by atoms with E-state index in [1.165, 1.54) is 4.68 Å². The van der Waals surface area contributed by atoms with Gasteiger partial charge in [0.05, 0.1) is 22.6 Å². The van der Waals surface area contributed by atoms with Gasteiger partial charge in [0.25, 0.3) is 11.5 Å². The Morgan fingerprint density at radius 3 is 2.26 bits per heavy atom. The molecule has 0 radical (unpaired) electrons. The minimum Gasteiger partial charge on any atom is -0.422 e. The molecule has 1 aliphatic rings. The Kier molecular flexibility index (Phi) is 6.86. The van der Waals surface area contributed by atoms with E-state index in [-0.39, 0.29) is 16.8 Å². The molecule has 0 saturated heterocycles. The van der Waals surface area contributed by atoms with Crippen LogP contribution in [-0.2, 0) is 11.8 Å². The van der Waals surface area contributed by atoms with Gasteiger partial charge in [0.2, 0.25) is 0 Å². The number of hydrogen-bond acceptors (Lipinski definition) is 7. The quantitative estimate of drug-likeness (QED) is 0.167. The van der Waals surface area contributed by atoms with Crippen molar-refractivity contribution in [3.05, 3.63) is 139 Å². The highest BCUT2D eigenvalue weighted by atomic mass is 32.2. The standard InChI is InChI=1S/C32H23N5O4S/c1-20-28(30(39)37(35(20)2)23-14-7-4-8-15-23)34-29(38)25(18-33)31-36(22-12-5-3-6-13-22)26(19-42-31)24-17-21-11-9-10-16-27(21)41-32(24)40/h3-17,19H,1-2H3,(H,34,38)/b31-25+. The van der Waals surface area contributed by atoms with E-state index in [9.17, 15) is 19.6 Å². The number of aromatic nitrogens is 2. The van der Waals surface area contributed by atoms with Crippen molar-refractivity contribution in [2.45, 2.75) is 6.92 Å². The molecule has 0 fully saturated rings. The third kappa shape index (κ3) is 4.52. The molecule has 0 bridgehead atoms. The fourth-order valence-corrected chi connectivity index (χ4v) is 5.86. The van der Waals surface area contributed by atoms with E-state index in [0.29, 0.717) is 33.4 Å². The number of rotatable bonds is 5. The predicted molar refractivity (Wildman–Crippen MR) is 164 cm³/mol. The van der Waals surface area contributed by atoms with Crippen LogP contribution < -0.4 is 21.4 Å². The number of nitriles is 1. The Labute approximate surface area is 244 Å². The number of nitrogens with one attached hydrogen (secondary N) is 1. The summed E-state index contributed by atoms with van der Waals surface area (Å²) in [5, 5.41) is 15.6. The van der Waals surface area contributed by atoms with Gasteiger partial charge >= 0.3 is 5.63 Å². The Hall–Kier alpha value is -5.53. The summed E-state index contributed by atoms with van der Waals surface area (Å²) >= 11 is 1.14. The molecule has 1 aliphatic heterocycles. The van der Waals surface area contributed by atoms with Crippen LogP contribution >= 0.6 is 11.8 Å². The number of fused-ring (bicyclic) bond motifs is 1. The number of hydrogen-bond donors (Lipinski definition) is 1. The molecule has 0 unspecified atom stereocenters. The van der Waals surface area contributed by atoms with Crippen molar-refractivity contribution in [1.29, 1.82) is 5.26 Å². The number of carbonyl (C=O) groups is 1. The van der Waals surface area contributed by atoms with Gasteiger partial charge in [-0.25, -0.2) is 9.48 Å². The van der Waals surface area contributed by atoms with Crippen LogP contribution in [0.2, 0.25) is 0 Å². The minimum atomic E-state index is -0.743. The zero-order valence-electron chi connectivity index (χ0n) is 22.6. The van der Waals surface area contributed by atoms with Crippen molar-refractivity contribution in [2.75, 3.05) is 10.2 Å². The summed E-state index contributed by atoms with van der Waals surface area (Å²) in [5.41, 5.74) is 1.87. The molecule has 0 spiro atoms. The van der Waals surface area contributed by atoms with Gasteiger partial charge in [-0.3, -0.25) is 14.3 Å². The first-order valence-electron chi connectivity index (χ1n) is 12.9. The second-order valence-electron chi connectivity index (χ2n) is 9.46. The molecule has 2 aromatic heterocycles. The molecular weight excluding hydrogens is 550 g/mol. The first-order valence-corrected chi connectivity index (χ1v) is 13.8. The maximum Gasteiger partial charge on any atom is 0.345 e. The molecule has 0 aliphatic carbocycles. The van der Waals surface area contributed by atoms with Crippen LogP contribution in [0.1, 0.15) is 11.3 Å². The van der Waals surface area contributed by atoms with Crippen LogP contribution in [-0.4, -0.2) is 15.3 Å². The highest BCUT2D eigenvalue weighted by Crippen LogP contribution is 2.44. The zero-order valence-corrected chi connectivity index (χ0v) is 23.4. The molecule has 10 heteroatoms. The molecule has 0 atom stereocenters. The number of para-hydroxylation sites is 3. The van der Waals surface area contributed by atoms with Crippen molar-refractivity contribution in [3.8, 4) is 11.8 Å². The molecule has 1 amide bonds. The maximum absolute atomic E-state index is 13.7. The Morgan fingerprint density at radius 1 is 0.929 bits per heavy atom. The lowest BCUT2D eigenvalue weighted by molar-refractivity contribution is -0.112. The first-order chi connectivity index (χ1) is 20.4. The maximum atomic E-state index is 13.7. The van der Waals surface area contributed by atoms with E-state index in [1.54, 1.807) is 59.3 Å². The van der Waals surface area contributed by atoms with Crippen LogP contribution in [0.3, 0.4) is 0 Å². The largest absolute Gasteiger partial charge is 0.422 e. The Morgan fingerprint density at radius 2 is 1.57 bits per heavy atom. The number of nitrogens with zero attached hydrogens (tertiary/aromatic N) is 4. The van der Waals surface area contributed by atoms with Gasteiger partial charge in [-0.05, 0) is 43.3 Å². The van der Waals surface area contributed by atoms with Crippen LogP contribution in [0.15, 0.2) is 121 Å². The van der Waals surface area contributed by atoms with E-state index >= 15 is 0 Å². The van der Waals surface area contributed by atoms with Gasteiger partial charge < -0.3 is 14.6 Å². The first kappa shape index (κ1) is 26.7. The summed E-state index contributed by atoms with van der Waals surface area (Å²) < 4.78 is 8.67. The molecule has 5 aromatic rings. The second-order valence-corrected chi connectivity index (χ2v) is 10.3. The topological polar surface area (TPSA) is 113 Å². The smallest absolute Gasteiger partial charge is 0.345 e. The van der Waals surface area contributed by atoms with Gasteiger partial charge in [-0.15, -0.1) is 0 Å². The molecule has 206 valence electrons. The van der Waals surface area contributed by atoms with Gasteiger partial charge in [0.1, 0.15) is 27.9 Å². The summed E-state index contributed by atoms with van der Waals surface area (Å²) in [7, 11) is 1.72. The van der Waals surface area contributed by atoms with E-state index in [2.05, 4.69) is 5.32 Å². The van der Waals surface area contributed by atoms with E-state index < -0.39 is 17.1 Å². The van der Waals surface area contributed by atoms with E-state index in [0.717, 1.165) is 17.1 Å². The highest BCUT2D eigenvalue weighted by molar-refractivity contribution is 8.06. The molecule has 1 N–H and O–H groups in total. The summed E-state index contributed by atoms with van der Waals surface area (Å²) in [6.45, 7) is 1.72. The van der Waals surface area contributed by atoms with E-state index in [4.69, 9.17) is 4.42 Å². The van der Waals surface area contributed by atoms with Crippen molar-refractivity contribution >= 4 is 45.7 Å². The van der Waals surface area contributed by atoms with Gasteiger partial charge in [-0.1, -0.05) is 66.4 Å². The van der Waals surface area contributed by atoms with Crippen LogP contribution in [0.5, 0.6) is 0 Å². The zero-order chi connectivity index (χ0) is 29.4. The Balaban J connectivity index is 1.44. The fraction of sp³-hybridized carbons (Fsp3) is 0.0625. The fourth-order valence-electron chi connectivity index (χ4n) is 4.84. The summed E-state index contributed by atoms with van der Waals surface area (Å²) in [6, 6.07) is 29.1. The Bertz CT molecular complexity index is 2080. The molecule has 0 saturated carbocycles. The van der Waals surface area contributed by atoms with Crippen molar-refractivity contribution < 1.29 is 9.21 Å². The van der Waals surface area contributed by atoms with Crippen LogP contribution in [0, 0.1) is 18.3 Å². The third-order valence-electron chi connectivity index (χ3n) is 7.00. The van der Waals surface area contributed by atoms with Gasteiger partial charge in [-0.2, -0.15) is 5.26 Å². The number of thioether (sulfide) groups is 1. The number of amides is 1. The lowest BCUT2D eigenvalue weighted by Gasteiger charge is -2.24. The summed E-state index contributed by atoms with van der Waals surface area (Å²) in [4.78, 5) is 41.9. The highest BCUT2D eigenvalue weighted by Gasteiger charge is 2.32. The lowest BCUT2D eigenvalue weighted by atomic mass is 10.1. The monoisotopic (exact) mass is 573 g/mol. The SMILES string of the molecule is Cc1c(NC(=O)/C(C#N)=C2/SC=C(c3cc4ccccc4oc3=O)N2c2ccccc2)c(=O)n(-c2ccccc2)n1C.